The summed E-state index contributed by atoms with van der Waals surface area (Å²) in [5.41, 5.74) is 4.20. The molecule has 1 atom stereocenters. The average molecular weight is 182 g/mol. The maximum Gasteiger partial charge on any atom is 0.367 e. The number of carbonyl (C=O) groups is 1. The van der Waals surface area contributed by atoms with Gasteiger partial charge in [0.1, 0.15) is 5.75 Å². The van der Waals surface area contributed by atoms with Crippen LogP contribution in [0, 0.1) is 0 Å². The van der Waals surface area contributed by atoms with Crippen LogP contribution in [0.25, 0.3) is 0 Å². The molecule has 0 aromatic heterocycles. The van der Waals surface area contributed by atoms with Gasteiger partial charge in [0.2, 0.25) is 6.04 Å². The van der Waals surface area contributed by atoms with Crippen LogP contribution in [-0.4, -0.2) is 18.2 Å². The molecule has 0 amide bonds. The Morgan fingerprint density at radius 3 is 2.38 bits per heavy atom. The summed E-state index contributed by atoms with van der Waals surface area (Å²) < 4.78 is 4.94. The van der Waals surface area contributed by atoms with Crippen molar-refractivity contribution in [2.24, 2.45) is 0 Å². The highest BCUT2D eigenvalue weighted by Crippen LogP contribution is 2.14. The fourth-order valence-corrected chi connectivity index (χ4v) is 0.979. The van der Waals surface area contributed by atoms with Crippen LogP contribution in [0.1, 0.15) is 11.6 Å². The quantitative estimate of drug-likeness (QED) is 0.694. The molecule has 0 radical (unpaired) electrons. The molecule has 0 aliphatic carbocycles. The van der Waals surface area contributed by atoms with Gasteiger partial charge < -0.3 is 15.6 Å². The van der Waals surface area contributed by atoms with E-state index in [4.69, 9.17) is 9.84 Å². The van der Waals surface area contributed by atoms with E-state index >= 15 is 0 Å². The highest BCUT2D eigenvalue weighted by molar-refractivity contribution is 5.73. The molecule has 0 heterocycles. The topological polar surface area (TPSA) is 74.2 Å². The number of rotatable bonds is 3. The third kappa shape index (κ3) is 2.19. The van der Waals surface area contributed by atoms with Crippen molar-refractivity contribution in [2.45, 2.75) is 6.04 Å². The summed E-state index contributed by atoms with van der Waals surface area (Å²) in [5, 5.41) is 8.67. The minimum Gasteiger partial charge on any atom is -0.497 e. The lowest BCUT2D eigenvalue weighted by atomic mass is 10.1. The molecule has 0 aliphatic rings. The number of quaternary nitrogens is 1. The summed E-state index contributed by atoms with van der Waals surface area (Å²) in [6.07, 6.45) is 0. The van der Waals surface area contributed by atoms with Crippen molar-refractivity contribution in [3.05, 3.63) is 29.8 Å². The Hall–Kier alpha value is -1.55. The molecule has 4 N–H and O–H groups in total. The van der Waals surface area contributed by atoms with Gasteiger partial charge in [0, 0.05) is 5.56 Å². The van der Waals surface area contributed by atoms with Gasteiger partial charge in [-0.2, -0.15) is 0 Å². The fraction of sp³-hybridized carbons (Fsp3) is 0.222. The van der Waals surface area contributed by atoms with Crippen LogP contribution < -0.4 is 10.5 Å². The second-order valence-electron chi connectivity index (χ2n) is 2.66. The summed E-state index contributed by atoms with van der Waals surface area (Å²) in [4.78, 5) is 10.6. The lowest BCUT2D eigenvalue weighted by Gasteiger charge is -2.04. The van der Waals surface area contributed by atoms with Crippen LogP contribution >= 0.6 is 0 Å². The van der Waals surface area contributed by atoms with Crippen molar-refractivity contribution in [3.8, 4) is 5.75 Å². The van der Waals surface area contributed by atoms with Crippen LogP contribution in [0.2, 0.25) is 0 Å². The zero-order valence-electron chi connectivity index (χ0n) is 7.36. The average Bonchev–Trinajstić information content (AvgIpc) is 2.17. The van der Waals surface area contributed by atoms with E-state index in [-0.39, 0.29) is 0 Å². The second-order valence-corrected chi connectivity index (χ2v) is 2.66. The maximum atomic E-state index is 10.6. The van der Waals surface area contributed by atoms with E-state index in [9.17, 15) is 4.79 Å². The van der Waals surface area contributed by atoms with Gasteiger partial charge in [0.15, 0.2) is 0 Å². The lowest BCUT2D eigenvalue weighted by Crippen LogP contribution is -2.57. The van der Waals surface area contributed by atoms with Gasteiger partial charge in [-0.15, -0.1) is 0 Å². The van der Waals surface area contributed by atoms with Crippen LogP contribution in [-0.2, 0) is 4.79 Å². The molecule has 1 unspecified atom stereocenters. The summed E-state index contributed by atoms with van der Waals surface area (Å²) in [6.45, 7) is 0. The Kier molecular flexibility index (Phi) is 2.87. The number of ether oxygens (including phenoxy) is 1. The van der Waals surface area contributed by atoms with Gasteiger partial charge in [-0.05, 0) is 24.3 Å². The molecule has 4 nitrogen and oxygen atoms in total. The van der Waals surface area contributed by atoms with Crippen molar-refractivity contribution in [1.29, 1.82) is 0 Å². The monoisotopic (exact) mass is 182 g/mol. The smallest absolute Gasteiger partial charge is 0.367 e. The van der Waals surface area contributed by atoms with Crippen molar-refractivity contribution in [2.75, 3.05) is 7.11 Å². The molecule has 0 spiro atoms. The Labute approximate surface area is 75.9 Å². The van der Waals surface area contributed by atoms with E-state index in [1.165, 1.54) is 0 Å². The minimum atomic E-state index is -0.926. The summed E-state index contributed by atoms with van der Waals surface area (Å²) in [6, 6.07) is 6.12. The fourth-order valence-electron chi connectivity index (χ4n) is 0.979. The van der Waals surface area contributed by atoms with Crippen molar-refractivity contribution < 1.29 is 20.4 Å². The minimum absolute atomic E-state index is 0.674. The third-order valence-electron chi connectivity index (χ3n) is 1.82. The van der Waals surface area contributed by atoms with E-state index in [2.05, 4.69) is 5.73 Å². The summed E-state index contributed by atoms with van der Waals surface area (Å²) in [7, 11) is 1.56. The Bertz CT molecular complexity index is 294. The summed E-state index contributed by atoms with van der Waals surface area (Å²) in [5.74, 6) is -0.216. The first-order valence-corrected chi connectivity index (χ1v) is 3.85. The molecule has 70 valence electrons. The van der Waals surface area contributed by atoms with Gasteiger partial charge in [0.25, 0.3) is 0 Å². The second kappa shape index (κ2) is 3.91. The maximum absolute atomic E-state index is 10.6. The van der Waals surface area contributed by atoms with Crippen molar-refractivity contribution in [3.63, 3.8) is 0 Å². The van der Waals surface area contributed by atoms with Gasteiger partial charge in [-0.1, -0.05) is 0 Å². The molecule has 0 saturated heterocycles. The molecule has 4 heteroatoms. The predicted molar refractivity (Wildman–Crippen MR) is 46.3 cm³/mol. The predicted octanol–water partition coefficient (Wildman–Crippen LogP) is 0.0628. The van der Waals surface area contributed by atoms with Crippen LogP contribution in [0.3, 0.4) is 0 Å². The van der Waals surface area contributed by atoms with Gasteiger partial charge in [0.05, 0.1) is 7.11 Å². The molecular formula is C9H12NO3+. The molecule has 1 rings (SSSR count). The SMILES string of the molecule is COc1ccc(C([NH3+])C(=O)O)cc1. The lowest BCUT2D eigenvalue weighted by molar-refractivity contribution is -0.413. The Morgan fingerprint density at radius 2 is 2.00 bits per heavy atom. The van der Waals surface area contributed by atoms with Gasteiger partial charge in [-0.25, -0.2) is 4.79 Å². The highest BCUT2D eigenvalue weighted by Gasteiger charge is 2.17. The van der Waals surface area contributed by atoms with Gasteiger partial charge >= 0.3 is 5.97 Å². The highest BCUT2D eigenvalue weighted by atomic mass is 16.5. The Morgan fingerprint density at radius 1 is 1.46 bits per heavy atom. The van der Waals surface area contributed by atoms with Crippen LogP contribution in [0.4, 0.5) is 0 Å². The van der Waals surface area contributed by atoms with Crippen LogP contribution in [0.15, 0.2) is 24.3 Å². The number of aliphatic carboxylic acids is 1. The first-order valence-electron chi connectivity index (χ1n) is 3.85. The van der Waals surface area contributed by atoms with E-state index in [1.807, 2.05) is 0 Å². The molecule has 1 aromatic rings. The largest absolute Gasteiger partial charge is 0.497 e. The van der Waals surface area contributed by atoms with Crippen molar-refractivity contribution in [1.82, 2.24) is 0 Å². The normalized spacial score (nSPS) is 12.2. The van der Waals surface area contributed by atoms with Crippen molar-refractivity contribution >= 4 is 5.97 Å². The third-order valence-corrected chi connectivity index (χ3v) is 1.82. The number of benzene rings is 1. The first-order chi connectivity index (χ1) is 6.15. The zero-order chi connectivity index (χ0) is 9.84. The molecule has 1 aromatic carbocycles. The van der Waals surface area contributed by atoms with E-state index < -0.39 is 12.0 Å². The number of hydrogen-bond donors (Lipinski definition) is 2. The number of carboxylic acid groups (broad SMARTS) is 1. The standard InChI is InChI=1S/C9H11NO3/c1-13-7-4-2-6(3-5-7)8(10)9(11)12/h2-5,8H,10H2,1H3,(H,11,12)/p+1. The Balaban J connectivity index is 2.85. The number of hydrogen-bond acceptors (Lipinski definition) is 2. The number of carboxylic acids is 1. The molecule has 0 aliphatic heterocycles. The molecule has 0 bridgehead atoms. The van der Waals surface area contributed by atoms with E-state index in [1.54, 1.807) is 31.4 Å². The first kappa shape index (κ1) is 9.54. The molecule has 13 heavy (non-hydrogen) atoms. The molecule has 0 fully saturated rings. The van der Waals surface area contributed by atoms with E-state index in [0.29, 0.717) is 11.3 Å². The van der Waals surface area contributed by atoms with Gasteiger partial charge in [-0.3, -0.25) is 0 Å². The zero-order valence-corrected chi connectivity index (χ0v) is 7.36. The molecular weight excluding hydrogens is 170 g/mol. The molecule has 0 saturated carbocycles. The van der Waals surface area contributed by atoms with Crippen LogP contribution in [0.5, 0.6) is 5.75 Å². The number of methoxy groups -OCH3 is 1. The summed E-state index contributed by atoms with van der Waals surface area (Å²) >= 11 is 0. The van der Waals surface area contributed by atoms with E-state index in [0.717, 1.165) is 0 Å².